The molecule has 0 saturated heterocycles. The molecule has 4 nitrogen and oxygen atoms in total. The van der Waals surface area contributed by atoms with Gasteiger partial charge in [0.15, 0.2) is 0 Å². The highest BCUT2D eigenvalue weighted by molar-refractivity contribution is 6.36. The van der Waals surface area contributed by atoms with Gasteiger partial charge in [0, 0.05) is 35.8 Å². The molecule has 6 rings (SSSR count). The molecule has 0 atom stereocenters. The zero-order chi connectivity index (χ0) is 27.5. The molecule has 0 spiro atoms. The van der Waals surface area contributed by atoms with Gasteiger partial charge in [0.1, 0.15) is 0 Å². The van der Waals surface area contributed by atoms with E-state index in [1.165, 1.54) is 39.1 Å². The maximum atomic E-state index is 6.87. The van der Waals surface area contributed by atoms with Crippen molar-refractivity contribution in [2.24, 2.45) is 0 Å². The molecule has 0 saturated carbocycles. The average Bonchev–Trinajstić information content (AvgIpc) is 3.57. The van der Waals surface area contributed by atoms with Crippen molar-refractivity contribution in [1.82, 2.24) is 19.7 Å². The topological polar surface area (TPSA) is 36.9 Å². The normalized spacial score (nSPS) is 14.8. The predicted octanol–water partition coefficient (Wildman–Crippen LogP) is 8.67. The molecule has 2 aromatic heterocycles. The molecular formula is C34H37ClN4. The van der Waals surface area contributed by atoms with Crippen molar-refractivity contribution in [2.75, 3.05) is 0 Å². The quantitative estimate of drug-likeness (QED) is 0.236. The van der Waals surface area contributed by atoms with Gasteiger partial charge in [-0.1, -0.05) is 80.0 Å². The van der Waals surface area contributed by atoms with Crippen LogP contribution in [0.1, 0.15) is 66.8 Å². The van der Waals surface area contributed by atoms with Crippen molar-refractivity contribution >= 4 is 22.5 Å². The average molecular weight is 537 g/mol. The summed E-state index contributed by atoms with van der Waals surface area (Å²) in [6.45, 7) is 15.2. The van der Waals surface area contributed by atoms with E-state index in [0.717, 1.165) is 58.8 Å². The largest absolute Gasteiger partial charge is 0.360 e. The molecule has 3 heterocycles. The fraction of sp³-hybridized carbons (Fsp3) is 0.324. The number of rotatable bonds is 6. The third-order valence-electron chi connectivity index (χ3n) is 8.75. The molecular weight excluding hydrogens is 500 g/mol. The molecule has 1 N–H and O–H groups in total. The molecule has 0 bridgehead atoms. The van der Waals surface area contributed by atoms with Gasteiger partial charge >= 0.3 is 0 Å². The van der Waals surface area contributed by atoms with Crippen LogP contribution >= 0.6 is 11.6 Å². The van der Waals surface area contributed by atoms with E-state index in [-0.39, 0.29) is 5.54 Å². The summed E-state index contributed by atoms with van der Waals surface area (Å²) in [5.41, 5.74) is 13.3. The molecule has 5 aromatic rings. The second-order valence-corrected chi connectivity index (χ2v) is 11.8. The van der Waals surface area contributed by atoms with E-state index in [2.05, 4.69) is 111 Å². The Labute approximate surface area is 236 Å². The zero-order valence-electron chi connectivity index (χ0n) is 23.8. The first-order valence-corrected chi connectivity index (χ1v) is 14.4. The number of aromatic amines is 1. The van der Waals surface area contributed by atoms with Crippen LogP contribution in [0.4, 0.5) is 0 Å². The lowest BCUT2D eigenvalue weighted by molar-refractivity contribution is 0.123. The van der Waals surface area contributed by atoms with Gasteiger partial charge in [-0.2, -0.15) is 5.10 Å². The van der Waals surface area contributed by atoms with Crippen molar-refractivity contribution in [3.8, 4) is 16.9 Å². The van der Waals surface area contributed by atoms with Gasteiger partial charge < -0.3 is 4.98 Å². The van der Waals surface area contributed by atoms with Crippen LogP contribution in [0.25, 0.3) is 27.8 Å². The maximum Gasteiger partial charge on any atom is 0.0878 e. The number of nitrogens with one attached hydrogen (secondary N) is 1. The number of halogens is 1. The second-order valence-electron chi connectivity index (χ2n) is 11.4. The number of para-hydroxylation sites is 1. The lowest BCUT2D eigenvalue weighted by Crippen LogP contribution is -2.36. The summed E-state index contributed by atoms with van der Waals surface area (Å²) < 4.78 is 2.25. The first kappa shape index (κ1) is 25.9. The summed E-state index contributed by atoms with van der Waals surface area (Å²) in [5.74, 6) is 0. The number of fused-ring (bicyclic) bond motifs is 2. The Balaban J connectivity index is 1.63. The van der Waals surface area contributed by atoms with Crippen molar-refractivity contribution in [3.05, 3.63) is 105 Å². The number of H-pyrrole nitrogens is 1. The Morgan fingerprint density at radius 3 is 2.28 bits per heavy atom. The molecule has 0 unspecified atom stereocenters. The Bertz CT molecular complexity index is 1680. The fourth-order valence-electron chi connectivity index (χ4n) is 6.35. The van der Waals surface area contributed by atoms with E-state index in [9.17, 15) is 0 Å². The Kier molecular flexibility index (Phi) is 6.44. The van der Waals surface area contributed by atoms with Gasteiger partial charge in [0.25, 0.3) is 0 Å². The van der Waals surface area contributed by atoms with Crippen molar-refractivity contribution in [3.63, 3.8) is 0 Å². The summed E-state index contributed by atoms with van der Waals surface area (Å²) >= 11 is 6.87. The van der Waals surface area contributed by atoms with Gasteiger partial charge in [0.2, 0.25) is 0 Å². The number of aromatic nitrogens is 3. The van der Waals surface area contributed by atoms with E-state index in [4.69, 9.17) is 16.7 Å². The maximum absolute atomic E-state index is 6.87. The summed E-state index contributed by atoms with van der Waals surface area (Å²) in [6.07, 6.45) is 3.81. The molecule has 5 heteroatoms. The number of hydrogen-bond acceptors (Lipinski definition) is 2. The highest BCUT2D eigenvalue weighted by atomic mass is 35.5. The summed E-state index contributed by atoms with van der Waals surface area (Å²) in [6, 6.07) is 19.8. The van der Waals surface area contributed by atoms with Gasteiger partial charge in [-0.15, -0.1) is 0 Å². The Morgan fingerprint density at radius 1 is 0.897 bits per heavy atom. The minimum atomic E-state index is -0.225. The van der Waals surface area contributed by atoms with E-state index in [1.54, 1.807) is 0 Å². The van der Waals surface area contributed by atoms with Gasteiger partial charge in [0.05, 0.1) is 33.2 Å². The SMILES string of the molecule is CCc1cccc(CC)c1-n1nc2c(c1-c1ccc(C)c3[nH]cc(Cl)c13)CN(Cc1ccccc1C)C2(C)C. The summed E-state index contributed by atoms with van der Waals surface area (Å²) in [5, 5.41) is 7.31. The Hall–Kier alpha value is -3.34. The van der Waals surface area contributed by atoms with Crippen LogP contribution in [0.2, 0.25) is 5.02 Å². The molecule has 0 amide bonds. The van der Waals surface area contributed by atoms with Crippen LogP contribution in [0.3, 0.4) is 0 Å². The standard InChI is InChI=1S/C34H37ClN4/c1-7-23-14-11-15-24(8-2)31(23)39-32(26-17-16-22(4)30-29(26)28(35)18-36-30)27-20-38(34(5,6)33(27)37-39)19-25-13-10-9-12-21(25)3/h9-18,36H,7-8,19-20H2,1-6H3. The Morgan fingerprint density at radius 2 is 1.59 bits per heavy atom. The van der Waals surface area contributed by atoms with Crippen molar-refractivity contribution in [1.29, 1.82) is 0 Å². The number of benzene rings is 3. The third kappa shape index (κ3) is 4.04. The zero-order valence-corrected chi connectivity index (χ0v) is 24.6. The first-order chi connectivity index (χ1) is 18.8. The summed E-state index contributed by atoms with van der Waals surface area (Å²) in [7, 11) is 0. The fourth-order valence-corrected chi connectivity index (χ4v) is 6.60. The minimum Gasteiger partial charge on any atom is -0.360 e. The van der Waals surface area contributed by atoms with Crippen LogP contribution in [-0.2, 0) is 31.5 Å². The third-order valence-corrected chi connectivity index (χ3v) is 9.05. The molecule has 1 aliphatic rings. The first-order valence-electron chi connectivity index (χ1n) is 14.1. The molecule has 1 aliphatic heterocycles. The molecule has 3 aromatic carbocycles. The lowest BCUT2D eigenvalue weighted by Gasteiger charge is -2.32. The van der Waals surface area contributed by atoms with E-state index < -0.39 is 0 Å². The number of nitrogens with zero attached hydrogens (tertiary/aromatic N) is 3. The van der Waals surface area contributed by atoms with E-state index >= 15 is 0 Å². The number of hydrogen-bond donors (Lipinski definition) is 1. The summed E-state index contributed by atoms with van der Waals surface area (Å²) in [4.78, 5) is 5.99. The molecule has 0 radical (unpaired) electrons. The molecule has 200 valence electrons. The second kappa shape index (κ2) is 9.69. The van der Waals surface area contributed by atoms with Gasteiger partial charge in [-0.25, -0.2) is 4.68 Å². The van der Waals surface area contributed by atoms with E-state index in [1.807, 2.05) is 6.20 Å². The molecule has 0 fully saturated rings. The van der Waals surface area contributed by atoms with Crippen LogP contribution in [0.15, 0.2) is 60.8 Å². The minimum absolute atomic E-state index is 0.225. The number of aryl methyl sites for hydroxylation is 4. The molecule has 0 aliphatic carbocycles. The van der Waals surface area contributed by atoms with Crippen LogP contribution in [-0.4, -0.2) is 19.7 Å². The van der Waals surface area contributed by atoms with E-state index in [0.29, 0.717) is 0 Å². The van der Waals surface area contributed by atoms with Crippen LogP contribution < -0.4 is 0 Å². The predicted molar refractivity (Wildman–Crippen MR) is 163 cm³/mol. The highest BCUT2D eigenvalue weighted by Gasteiger charge is 2.43. The monoisotopic (exact) mass is 536 g/mol. The lowest BCUT2D eigenvalue weighted by atomic mass is 9.96. The van der Waals surface area contributed by atoms with Gasteiger partial charge in [-0.3, -0.25) is 4.90 Å². The smallest absolute Gasteiger partial charge is 0.0878 e. The molecule has 39 heavy (non-hydrogen) atoms. The van der Waals surface area contributed by atoms with Crippen LogP contribution in [0, 0.1) is 13.8 Å². The van der Waals surface area contributed by atoms with Crippen LogP contribution in [0.5, 0.6) is 0 Å². The van der Waals surface area contributed by atoms with Crippen molar-refractivity contribution < 1.29 is 0 Å². The van der Waals surface area contributed by atoms with Gasteiger partial charge in [-0.05, 0) is 68.4 Å². The highest BCUT2D eigenvalue weighted by Crippen LogP contribution is 2.47. The van der Waals surface area contributed by atoms with Crippen molar-refractivity contribution in [2.45, 2.75) is 73.0 Å².